The second kappa shape index (κ2) is 8.35. The predicted molar refractivity (Wildman–Crippen MR) is 121 cm³/mol. The molecule has 1 saturated carbocycles. The molecule has 184 valence electrons. The quantitative estimate of drug-likeness (QED) is 0.644. The van der Waals surface area contributed by atoms with E-state index in [0.29, 0.717) is 5.56 Å². The van der Waals surface area contributed by atoms with Gasteiger partial charge < -0.3 is 10.0 Å². The van der Waals surface area contributed by atoms with Gasteiger partial charge in [-0.3, -0.25) is 4.79 Å². The van der Waals surface area contributed by atoms with Crippen molar-refractivity contribution in [3.8, 4) is 11.1 Å². The number of amides is 1. The number of benzene rings is 2. The molecule has 6 nitrogen and oxygen atoms in total. The Morgan fingerprint density at radius 1 is 1.21 bits per heavy atom. The van der Waals surface area contributed by atoms with Crippen molar-refractivity contribution in [3.63, 3.8) is 0 Å². The number of hydrogen-bond donors (Lipinski definition) is 2. The first-order valence-electron chi connectivity index (χ1n) is 10.9. The first-order chi connectivity index (χ1) is 15.7. The fourth-order valence-corrected chi connectivity index (χ4v) is 5.89. The first kappa shape index (κ1) is 24.7. The highest BCUT2D eigenvalue weighted by Crippen LogP contribution is 2.50. The molecule has 0 spiro atoms. The minimum atomic E-state index is -3.91. The van der Waals surface area contributed by atoms with E-state index in [0.717, 1.165) is 18.4 Å². The lowest BCUT2D eigenvalue weighted by Crippen LogP contribution is -2.78. The second-order valence-electron chi connectivity index (χ2n) is 9.80. The van der Waals surface area contributed by atoms with E-state index in [4.69, 9.17) is 0 Å². The summed E-state index contributed by atoms with van der Waals surface area (Å²) in [6, 6.07) is 7.19. The summed E-state index contributed by atoms with van der Waals surface area (Å²) in [5.74, 6) is -2.20. The average Bonchev–Trinajstić information content (AvgIpc) is 2.70. The zero-order valence-corrected chi connectivity index (χ0v) is 19.9. The smallest absolute Gasteiger partial charge is 0.254 e. The number of alkyl halides is 1. The Kier molecular flexibility index (Phi) is 6.06. The Hall–Kier alpha value is -2.43. The van der Waals surface area contributed by atoms with Gasteiger partial charge in [0.2, 0.25) is 10.0 Å². The van der Waals surface area contributed by atoms with E-state index >= 15 is 8.78 Å². The number of piperidine rings is 2. The third-order valence-corrected chi connectivity index (χ3v) is 7.25. The summed E-state index contributed by atoms with van der Waals surface area (Å²) in [6.45, 7) is 2.55. The molecule has 0 aromatic heterocycles. The minimum Gasteiger partial charge on any atom is -0.381 e. The van der Waals surface area contributed by atoms with Crippen molar-refractivity contribution in [2.24, 2.45) is 0 Å². The van der Waals surface area contributed by atoms with Crippen LogP contribution in [0.15, 0.2) is 42.5 Å². The summed E-state index contributed by atoms with van der Waals surface area (Å²) < 4.78 is 72.2. The van der Waals surface area contributed by atoms with Crippen LogP contribution < -0.4 is 4.72 Å². The Morgan fingerprint density at radius 3 is 2.38 bits per heavy atom. The number of carbonyl (C=O) groups excluding carboxylic acids is 1. The van der Waals surface area contributed by atoms with Gasteiger partial charge in [-0.2, -0.15) is 0 Å². The number of fused-ring (bicyclic) bond motifs is 2. The zero-order valence-electron chi connectivity index (χ0n) is 19.1. The Balaban J connectivity index is 1.80. The molecule has 10 heteroatoms. The Labute approximate surface area is 196 Å². The van der Waals surface area contributed by atoms with Crippen LogP contribution in [0.2, 0.25) is 0 Å². The molecule has 2 N–H and O–H groups in total. The van der Waals surface area contributed by atoms with E-state index in [-0.39, 0.29) is 30.4 Å². The summed E-state index contributed by atoms with van der Waals surface area (Å²) in [6.07, 6.45) is 0.302. The summed E-state index contributed by atoms with van der Waals surface area (Å²) in [4.78, 5) is 14.4. The van der Waals surface area contributed by atoms with Crippen LogP contribution in [-0.4, -0.2) is 60.0 Å². The minimum absolute atomic E-state index is 0.000447. The maximum absolute atomic E-state index is 15.6. The maximum Gasteiger partial charge on any atom is 0.254 e. The molecule has 0 unspecified atom stereocenters. The molecule has 2 aliphatic heterocycles. The van der Waals surface area contributed by atoms with Crippen LogP contribution in [0.25, 0.3) is 11.1 Å². The molecule has 2 saturated heterocycles. The van der Waals surface area contributed by atoms with Crippen molar-refractivity contribution >= 4 is 15.9 Å². The molecule has 1 amide bonds. The largest absolute Gasteiger partial charge is 0.381 e. The summed E-state index contributed by atoms with van der Waals surface area (Å²) in [5.41, 5.74) is -3.46. The lowest BCUT2D eigenvalue weighted by atomic mass is 9.64. The van der Waals surface area contributed by atoms with Gasteiger partial charge in [-0.15, -0.1) is 0 Å². The molecule has 2 aromatic rings. The van der Waals surface area contributed by atoms with E-state index in [9.17, 15) is 22.7 Å². The fourth-order valence-electron chi connectivity index (χ4n) is 5.06. The lowest BCUT2D eigenvalue weighted by molar-refractivity contribution is -0.181. The summed E-state index contributed by atoms with van der Waals surface area (Å²) in [5, 5.41) is 10.4. The van der Waals surface area contributed by atoms with Crippen LogP contribution in [0.3, 0.4) is 0 Å². The van der Waals surface area contributed by atoms with Gasteiger partial charge in [0.25, 0.3) is 5.91 Å². The number of nitrogens with one attached hydrogen (secondary N) is 1. The van der Waals surface area contributed by atoms with Crippen LogP contribution in [0, 0.1) is 11.6 Å². The Bertz CT molecular complexity index is 1210. The number of sulfonamides is 1. The van der Waals surface area contributed by atoms with Crippen LogP contribution in [0.1, 0.15) is 32.3 Å². The summed E-state index contributed by atoms with van der Waals surface area (Å²) in [7, 11) is -3.91. The Morgan fingerprint density at radius 2 is 1.82 bits per heavy atom. The fraction of sp³-hybridized carbons (Fsp3) is 0.458. The maximum atomic E-state index is 15.6. The normalized spacial score (nSPS) is 26.8. The highest BCUT2D eigenvalue weighted by molar-refractivity contribution is 7.88. The number of rotatable bonds is 6. The van der Waals surface area contributed by atoms with Gasteiger partial charge in [0.15, 0.2) is 0 Å². The summed E-state index contributed by atoms with van der Waals surface area (Å²) >= 11 is 0. The number of carbonyl (C=O) groups is 1. The molecule has 2 aromatic carbocycles. The van der Waals surface area contributed by atoms with Gasteiger partial charge in [0.05, 0.1) is 18.3 Å². The molecule has 3 aliphatic rings. The molecule has 2 heterocycles. The van der Waals surface area contributed by atoms with Crippen molar-refractivity contribution in [3.05, 3.63) is 59.7 Å². The van der Waals surface area contributed by atoms with Crippen LogP contribution in [0.5, 0.6) is 0 Å². The molecule has 2 bridgehead atoms. The first-order valence-corrected chi connectivity index (χ1v) is 12.8. The van der Waals surface area contributed by atoms with Crippen LogP contribution >= 0.6 is 0 Å². The van der Waals surface area contributed by atoms with Gasteiger partial charge in [0, 0.05) is 24.4 Å². The van der Waals surface area contributed by atoms with Gasteiger partial charge in [-0.05, 0) is 43.5 Å². The standard InChI is InChI=1S/C24H27F3N2O4S/c1-23(2,31)22(30)29-17-12-24(27,13-17)21(28-34(3,32)33)19(29)10-15-9-16(25)11-18(20(15)26)14-7-5-4-6-8-14/h4-9,11,17,19,21,28,31H,10,12-13H2,1-3H3/t17?,19-,21+,24?/m0/s1. The van der Waals surface area contributed by atoms with E-state index < -0.39 is 57.0 Å². The van der Waals surface area contributed by atoms with Crippen molar-refractivity contribution in [1.82, 2.24) is 9.62 Å². The molecule has 34 heavy (non-hydrogen) atoms. The van der Waals surface area contributed by atoms with Gasteiger partial charge in [-0.25, -0.2) is 26.3 Å². The van der Waals surface area contributed by atoms with E-state index in [1.54, 1.807) is 30.3 Å². The topological polar surface area (TPSA) is 86.7 Å². The number of hydrogen-bond acceptors (Lipinski definition) is 4. The monoisotopic (exact) mass is 496 g/mol. The second-order valence-corrected chi connectivity index (χ2v) is 11.6. The van der Waals surface area contributed by atoms with Gasteiger partial charge in [0.1, 0.15) is 22.9 Å². The molecular formula is C24H27F3N2O4S. The van der Waals surface area contributed by atoms with E-state index in [1.807, 2.05) is 0 Å². The van der Waals surface area contributed by atoms with Crippen molar-refractivity contribution in [1.29, 1.82) is 0 Å². The highest BCUT2D eigenvalue weighted by Gasteiger charge is 2.64. The zero-order chi connectivity index (χ0) is 25.1. The molecule has 0 radical (unpaired) electrons. The lowest BCUT2D eigenvalue weighted by Gasteiger charge is -2.61. The molecular weight excluding hydrogens is 469 g/mol. The molecule has 1 aliphatic carbocycles. The highest BCUT2D eigenvalue weighted by atomic mass is 32.2. The number of aliphatic hydroxyl groups is 1. The van der Waals surface area contributed by atoms with E-state index in [2.05, 4.69) is 4.72 Å². The van der Waals surface area contributed by atoms with Crippen molar-refractivity contribution < 1.29 is 31.5 Å². The molecule has 5 rings (SSSR count). The van der Waals surface area contributed by atoms with Crippen LogP contribution in [-0.2, 0) is 21.2 Å². The predicted octanol–water partition coefficient (Wildman–Crippen LogP) is 2.94. The number of halogens is 3. The van der Waals surface area contributed by atoms with E-state index in [1.165, 1.54) is 18.7 Å². The van der Waals surface area contributed by atoms with Gasteiger partial charge >= 0.3 is 0 Å². The average molecular weight is 497 g/mol. The third kappa shape index (κ3) is 4.58. The molecule has 3 fully saturated rings. The molecule has 2 atom stereocenters. The number of nitrogens with zero attached hydrogens (tertiary/aromatic N) is 1. The van der Waals surface area contributed by atoms with Crippen molar-refractivity contribution in [2.45, 2.75) is 62.5 Å². The van der Waals surface area contributed by atoms with Gasteiger partial charge in [-0.1, -0.05) is 30.3 Å². The SMILES string of the molecule is CC(C)(O)C(=O)N1C2CC(F)(C2)[C@H](NS(C)(=O)=O)[C@@H]1Cc1cc(F)cc(-c2ccccc2)c1F. The third-order valence-electron chi connectivity index (χ3n) is 6.57. The van der Waals surface area contributed by atoms with Crippen LogP contribution in [0.4, 0.5) is 13.2 Å². The van der Waals surface area contributed by atoms with Crippen molar-refractivity contribution in [2.75, 3.05) is 6.26 Å².